The Balaban J connectivity index is 2.10. The summed E-state index contributed by atoms with van der Waals surface area (Å²) in [6.45, 7) is 6.42. The van der Waals surface area contributed by atoms with Crippen molar-refractivity contribution >= 4 is 15.9 Å². The van der Waals surface area contributed by atoms with E-state index in [9.17, 15) is 5.11 Å². The summed E-state index contributed by atoms with van der Waals surface area (Å²) in [6.07, 6.45) is 0.849. The highest BCUT2D eigenvalue weighted by molar-refractivity contribution is 9.10. The Labute approximate surface area is 104 Å². The molecule has 1 aromatic rings. The average Bonchev–Trinajstić information content (AvgIpc) is 2.62. The van der Waals surface area contributed by atoms with Gasteiger partial charge in [-0.3, -0.25) is 9.58 Å². The van der Waals surface area contributed by atoms with E-state index < -0.39 is 5.60 Å². The summed E-state index contributed by atoms with van der Waals surface area (Å²) >= 11 is 3.56. The van der Waals surface area contributed by atoms with Crippen LogP contribution in [0.5, 0.6) is 0 Å². The maximum atomic E-state index is 9.91. The molecule has 16 heavy (non-hydrogen) atoms. The van der Waals surface area contributed by atoms with Crippen LogP contribution in [0.15, 0.2) is 4.47 Å². The van der Waals surface area contributed by atoms with Crippen molar-refractivity contribution in [2.75, 3.05) is 13.1 Å². The van der Waals surface area contributed by atoms with Gasteiger partial charge < -0.3 is 5.11 Å². The summed E-state index contributed by atoms with van der Waals surface area (Å²) in [5, 5.41) is 14.3. The number of aromatic nitrogens is 2. The molecule has 0 aliphatic carbocycles. The predicted octanol–water partition coefficient (Wildman–Crippen LogP) is 1.45. The summed E-state index contributed by atoms with van der Waals surface area (Å²) in [6, 6.07) is 0. The van der Waals surface area contributed by atoms with Gasteiger partial charge in [0.2, 0.25) is 0 Å². The van der Waals surface area contributed by atoms with Gasteiger partial charge in [-0.2, -0.15) is 5.10 Å². The number of hydrogen-bond donors (Lipinski definition) is 1. The molecule has 1 unspecified atom stereocenters. The second kappa shape index (κ2) is 4.13. The lowest BCUT2D eigenvalue weighted by atomic mass is 10.1. The molecule has 2 rings (SSSR count). The largest absolute Gasteiger partial charge is 0.389 e. The first-order valence-electron chi connectivity index (χ1n) is 5.52. The van der Waals surface area contributed by atoms with Gasteiger partial charge in [0, 0.05) is 26.7 Å². The van der Waals surface area contributed by atoms with E-state index in [0.717, 1.165) is 36.2 Å². The number of likely N-dealkylation sites (tertiary alicyclic amines) is 1. The maximum Gasteiger partial charge on any atom is 0.0758 e. The molecular weight excluding hydrogens is 270 g/mol. The maximum absolute atomic E-state index is 9.91. The van der Waals surface area contributed by atoms with Crippen LogP contribution in [-0.2, 0) is 13.6 Å². The SMILES string of the molecule is Cc1nn(C)c(CN2CCC(C)(O)C2)c1Br. The van der Waals surface area contributed by atoms with E-state index in [2.05, 4.69) is 25.9 Å². The monoisotopic (exact) mass is 287 g/mol. The van der Waals surface area contributed by atoms with Crippen LogP contribution in [0.2, 0.25) is 0 Å². The molecule has 1 aromatic heterocycles. The number of nitrogens with zero attached hydrogens (tertiary/aromatic N) is 3. The Morgan fingerprint density at radius 2 is 2.25 bits per heavy atom. The quantitative estimate of drug-likeness (QED) is 0.895. The van der Waals surface area contributed by atoms with Crippen molar-refractivity contribution in [3.8, 4) is 0 Å². The van der Waals surface area contributed by atoms with E-state index in [1.54, 1.807) is 0 Å². The average molecular weight is 288 g/mol. The minimum atomic E-state index is -0.528. The van der Waals surface area contributed by atoms with Crippen molar-refractivity contribution in [3.05, 3.63) is 15.9 Å². The number of halogens is 1. The third kappa shape index (κ3) is 2.31. The molecular formula is C11H18BrN3O. The van der Waals surface area contributed by atoms with Crippen molar-refractivity contribution < 1.29 is 5.11 Å². The highest BCUT2D eigenvalue weighted by atomic mass is 79.9. The highest BCUT2D eigenvalue weighted by Gasteiger charge is 2.31. The topological polar surface area (TPSA) is 41.3 Å². The lowest BCUT2D eigenvalue weighted by Crippen LogP contribution is -2.29. The number of hydrogen-bond acceptors (Lipinski definition) is 3. The highest BCUT2D eigenvalue weighted by Crippen LogP contribution is 2.26. The third-order valence-electron chi connectivity index (χ3n) is 3.17. The lowest BCUT2D eigenvalue weighted by molar-refractivity contribution is 0.0675. The minimum Gasteiger partial charge on any atom is -0.389 e. The zero-order chi connectivity index (χ0) is 11.9. The Morgan fingerprint density at radius 3 is 2.69 bits per heavy atom. The summed E-state index contributed by atoms with van der Waals surface area (Å²) in [5.74, 6) is 0. The van der Waals surface area contributed by atoms with Crippen LogP contribution >= 0.6 is 15.9 Å². The molecule has 0 amide bonds. The first-order chi connectivity index (χ1) is 7.39. The summed E-state index contributed by atoms with van der Waals surface area (Å²) < 4.78 is 2.99. The number of β-amino-alcohol motifs (C(OH)–C–C–N with tert-alkyl or cyclic N) is 1. The Morgan fingerprint density at radius 1 is 1.56 bits per heavy atom. The fourth-order valence-corrected chi connectivity index (χ4v) is 2.70. The number of rotatable bonds is 2. The molecule has 1 aliphatic heterocycles. The third-order valence-corrected chi connectivity index (χ3v) is 4.20. The molecule has 0 spiro atoms. The molecule has 1 atom stereocenters. The smallest absolute Gasteiger partial charge is 0.0758 e. The Bertz CT molecular complexity index is 400. The van der Waals surface area contributed by atoms with Crippen LogP contribution in [-0.4, -0.2) is 38.5 Å². The van der Waals surface area contributed by atoms with Gasteiger partial charge in [0.15, 0.2) is 0 Å². The summed E-state index contributed by atoms with van der Waals surface area (Å²) in [5.41, 5.74) is 1.67. The molecule has 4 nitrogen and oxygen atoms in total. The fourth-order valence-electron chi connectivity index (χ4n) is 2.24. The standard InChI is InChI=1S/C11H18BrN3O/c1-8-10(12)9(14(3)13-8)6-15-5-4-11(2,16)7-15/h16H,4-7H2,1-3H3. The van der Waals surface area contributed by atoms with E-state index in [1.165, 1.54) is 5.69 Å². The molecule has 5 heteroatoms. The van der Waals surface area contributed by atoms with E-state index in [1.807, 2.05) is 25.6 Å². The van der Waals surface area contributed by atoms with Crippen molar-refractivity contribution in [1.82, 2.24) is 14.7 Å². The zero-order valence-electron chi connectivity index (χ0n) is 10.00. The summed E-state index contributed by atoms with van der Waals surface area (Å²) in [4.78, 5) is 2.27. The van der Waals surface area contributed by atoms with Gasteiger partial charge in [-0.1, -0.05) is 0 Å². The van der Waals surface area contributed by atoms with E-state index in [-0.39, 0.29) is 0 Å². The van der Waals surface area contributed by atoms with Gasteiger partial charge in [0.05, 0.1) is 21.5 Å². The van der Waals surface area contributed by atoms with E-state index >= 15 is 0 Å². The van der Waals surface area contributed by atoms with Crippen LogP contribution in [0.4, 0.5) is 0 Å². The first-order valence-corrected chi connectivity index (χ1v) is 6.31. The molecule has 1 fully saturated rings. The van der Waals surface area contributed by atoms with Gasteiger partial charge in [-0.25, -0.2) is 0 Å². The molecule has 0 radical (unpaired) electrons. The van der Waals surface area contributed by atoms with Gasteiger partial charge in [0.25, 0.3) is 0 Å². The molecule has 0 bridgehead atoms. The molecule has 1 N–H and O–H groups in total. The van der Waals surface area contributed by atoms with Gasteiger partial charge in [0.1, 0.15) is 0 Å². The Kier molecular flexibility index (Phi) is 3.11. The van der Waals surface area contributed by atoms with Crippen LogP contribution in [0.25, 0.3) is 0 Å². The number of aryl methyl sites for hydroxylation is 2. The normalized spacial score (nSPS) is 26.6. The second-order valence-corrected chi connectivity index (χ2v) is 5.72. The van der Waals surface area contributed by atoms with Gasteiger partial charge in [-0.05, 0) is 36.2 Å². The van der Waals surface area contributed by atoms with Crippen LogP contribution < -0.4 is 0 Å². The predicted molar refractivity (Wildman–Crippen MR) is 66.2 cm³/mol. The van der Waals surface area contributed by atoms with Crippen molar-refractivity contribution in [2.45, 2.75) is 32.4 Å². The number of aliphatic hydroxyl groups is 1. The first kappa shape index (κ1) is 12.1. The molecule has 90 valence electrons. The van der Waals surface area contributed by atoms with Crippen LogP contribution in [0, 0.1) is 6.92 Å². The lowest BCUT2D eigenvalue weighted by Gasteiger charge is -2.18. The van der Waals surface area contributed by atoms with Gasteiger partial charge >= 0.3 is 0 Å². The minimum absolute atomic E-state index is 0.528. The zero-order valence-corrected chi connectivity index (χ0v) is 11.6. The Hall–Kier alpha value is -0.390. The van der Waals surface area contributed by atoms with Gasteiger partial charge in [-0.15, -0.1) is 0 Å². The van der Waals surface area contributed by atoms with Crippen LogP contribution in [0.1, 0.15) is 24.7 Å². The van der Waals surface area contributed by atoms with Crippen molar-refractivity contribution in [1.29, 1.82) is 0 Å². The van der Waals surface area contributed by atoms with Crippen molar-refractivity contribution in [3.63, 3.8) is 0 Å². The van der Waals surface area contributed by atoms with E-state index in [4.69, 9.17) is 0 Å². The molecule has 1 aliphatic rings. The molecule has 0 aromatic carbocycles. The molecule has 2 heterocycles. The molecule has 0 saturated carbocycles. The second-order valence-electron chi connectivity index (χ2n) is 4.93. The van der Waals surface area contributed by atoms with E-state index in [0.29, 0.717) is 0 Å². The summed E-state index contributed by atoms with van der Waals surface area (Å²) in [7, 11) is 1.96. The van der Waals surface area contributed by atoms with Crippen molar-refractivity contribution in [2.24, 2.45) is 7.05 Å². The molecule has 1 saturated heterocycles. The fraction of sp³-hybridized carbons (Fsp3) is 0.727. The van der Waals surface area contributed by atoms with Crippen LogP contribution in [0.3, 0.4) is 0 Å².